The number of aromatic nitrogens is 4. The van der Waals surface area contributed by atoms with Gasteiger partial charge in [-0.2, -0.15) is 5.26 Å². The summed E-state index contributed by atoms with van der Waals surface area (Å²) in [5.41, 5.74) is 5.07. The second-order valence-corrected chi connectivity index (χ2v) is 10.4. The van der Waals surface area contributed by atoms with Crippen LogP contribution in [0.15, 0.2) is 72.9 Å². The van der Waals surface area contributed by atoms with Crippen molar-refractivity contribution in [3.63, 3.8) is 0 Å². The lowest BCUT2D eigenvalue weighted by Crippen LogP contribution is -2.13. The van der Waals surface area contributed by atoms with Gasteiger partial charge in [0.15, 0.2) is 0 Å². The molecule has 1 fully saturated rings. The highest BCUT2D eigenvalue weighted by Crippen LogP contribution is 2.37. The number of halogens is 3. The predicted octanol–water partition coefficient (Wildman–Crippen LogP) is 7.62. The van der Waals surface area contributed by atoms with E-state index < -0.39 is 6.67 Å². The molecular formula is C31H26ClF2N7. The zero-order chi connectivity index (χ0) is 28.3. The second kappa shape index (κ2) is 11.5. The maximum Gasteiger partial charge on any atom is 0.149 e. The van der Waals surface area contributed by atoms with E-state index in [0.29, 0.717) is 40.4 Å². The van der Waals surface area contributed by atoms with Gasteiger partial charge in [0.1, 0.15) is 28.3 Å². The normalized spacial score (nSPS) is 13.6. The van der Waals surface area contributed by atoms with Crippen LogP contribution in [0.1, 0.15) is 48.0 Å². The van der Waals surface area contributed by atoms with Crippen LogP contribution in [0.5, 0.6) is 0 Å². The zero-order valence-electron chi connectivity index (χ0n) is 22.0. The first-order valence-corrected chi connectivity index (χ1v) is 13.8. The van der Waals surface area contributed by atoms with Gasteiger partial charge < -0.3 is 10.6 Å². The van der Waals surface area contributed by atoms with E-state index in [1.165, 1.54) is 12.1 Å². The minimum atomic E-state index is -0.535. The number of fused-ring (bicyclic) bond motifs is 1. The van der Waals surface area contributed by atoms with E-state index >= 15 is 0 Å². The van der Waals surface area contributed by atoms with Gasteiger partial charge in [0, 0.05) is 29.6 Å². The summed E-state index contributed by atoms with van der Waals surface area (Å²) < 4.78 is 29.6. The van der Waals surface area contributed by atoms with Crippen LogP contribution < -0.4 is 10.6 Å². The van der Waals surface area contributed by atoms with Gasteiger partial charge in [-0.05, 0) is 54.3 Å². The number of benzene rings is 3. The molecule has 0 aliphatic heterocycles. The molecule has 2 heterocycles. The number of nitrogens with zero attached hydrogens (tertiary/aromatic N) is 5. The molecule has 41 heavy (non-hydrogen) atoms. The molecule has 1 atom stereocenters. The Morgan fingerprint density at radius 1 is 1.10 bits per heavy atom. The summed E-state index contributed by atoms with van der Waals surface area (Å²) >= 11 is 6.40. The van der Waals surface area contributed by atoms with E-state index in [9.17, 15) is 14.0 Å². The molecule has 2 N–H and O–H groups in total. The van der Waals surface area contributed by atoms with Crippen molar-refractivity contribution in [3.05, 3.63) is 101 Å². The van der Waals surface area contributed by atoms with Gasteiger partial charge in [-0.1, -0.05) is 53.2 Å². The number of rotatable bonds is 10. The lowest BCUT2D eigenvalue weighted by molar-refractivity contribution is 0.451. The Morgan fingerprint density at radius 3 is 2.68 bits per heavy atom. The maximum absolute atomic E-state index is 14.2. The molecule has 1 saturated carbocycles. The van der Waals surface area contributed by atoms with E-state index in [0.717, 1.165) is 29.7 Å². The van der Waals surface area contributed by atoms with E-state index in [-0.39, 0.29) is 29.0 Å². The van der Waals surface area contributed by atoms with Crippen LogP contribution in [0.25, 0.3) is 22.2 Å². The molecular weight excluding hydrogens is 544 g/mol. The van der Waals surface area contributed by atoms with Crippen molar-refractivity contribution in [2.45, 2.75) is 37.9 Å². The summed E-state index contributed by atoms with van der Waals surface area (Å²) in [4.78, 5) is 4.42. The molecule has 0 amide bonds. The summed E-state index contributed by atoms with van der Waals surface area (Å²) in [5.74, 6) is -0.348. The van der Waals surface area contributed by atoms with E-state index in [4.69, 9.17) is 11.6 Å². The monoisotopic (exact) mass is 569 g/mol. The zero-order valence-corrected chi connectivity index (χ0v) is 22.7. The van der Waals surface area contributed by atoms with Crippen molar-refractivity contribution in [1.29, 1.82) is 5.26 Å². The third-order valence-corrected chi connectivity index (χ3v) is 7.51. The van der Waals surface area contributed by atoms with Gasteiger partial charge >= 0.3 is 0 Å². The molecule has 3 aromatic carbocycles. The number of alkyl halides is 1. The van der Waals surface area contributed by atoms with E-state index in [1.807, 2.05) is 59.4 Å². The van der Waals surface area contributed by atoms with Crippen LogP contribution in [-0.4, -0.2) is 26.7 Å². The molecule has 0 bridgehead atoms. The lowest BCUT2D eigenvalue weighted by atomic mass is 10.0. The molecule has 1 aliphatic carbocycles. The summed E-state index contributed by atoms with van der Waals surface area (Å²) in [7, 11) is 0. The minimum Gasteiger partial charge on any atom is -0.381 e. The predicted molar refractivity (Wildman–Crippen MR) is 156 cm³/mol. The largest absolute Gasteiger partial charge is 0.381 e. The Morgan fingerprint density at radius 2 is 1.93 bits per heavy atom. The van der Waals surface area contributed by atoms with Crippen molar-refractivity contribution in [2.24, 2.45) is 0 Å². The average Bonchev–Trinajstić information content (AvgIpc) is 3.73. The molecule has 1 aliphatic rings. The van der Waals surface area contributed by atoms with E-state index in [1.54, 1.807) is 6.07 Å². The number of anilines is 2. The highest BCUT2D eigenvalue weighted by Gasteiger charge is 2.25. The van der Waals surface area contributed by atoms with Gasteiger partial charge in [-0.15, -0.1) is 5.10 Å². The SMILES string of the molecule is N#Cc1c(Cl)nc2ccc(NCc3ccc(F)cc3-c3cn(C4CC4)nn3)cc2c1N[C@H](CCF)c1ccccc1. The van der Waals surface area contributed by atoms with Gasteiger partial charge in [0.05, 0.1) is 36.2 Å². The minimum absolute atomic E-state index is 0.0745. The van der Waals surface area contributed by atoms with Crippen molar-refractivity contribution >= 4 is 33.9 Å². The number of nitrogens with one attached hydrogen (secondary N) is 2. The summed E-state index contributed by atoms with van der Waals surface area (Å²) in [6, 6.07) is 21.9. The maximum atomic E-state index is 14.2. The van der Waals surface area contributed by atoms with Crippen LogP contribution in [0.2, 0.25) is 5.15 Å². The number of hydrogen-bond donors (Lipinski definition) is 2. The Bertz CT molecular complexity index is 1750. The van der Waals surface area contributed by atoms with Gasteiger partial charge in [0.2, 0.25) is 0 Å². The first kappa shape index (κ1) is 26.7. The summed E-state index contributed by atoms with van der Waals surface area (Å²) in [6.07, 6.45) is 4.23. The highest BCUT2D eigenvalue weighted by molar-refractivity contribution is 6.31. The lowest BCUT2D eigenvalue weighted by Gasteiger charge is -2.22. The average molecular weight is 570 g/mol. The number of hydrogen-bond acceptors (Lipinski definition) is 6. The quantitative estimate of drug-likeness (QED) is 0.168. The van der Waals surface area contributed by atoms with Crippen molar-refractivity contribution in [1.82, 2.24) is 20.0 Å². The number of pyridine rings is 1. The summed E-state index contributed by atoms with van der Waals surface area (Å²) in [5, 5.41) is 26.0. The fourth-order valence-electron chi connectivity index (χ4n) is 4.94. The molecule has 0 radical (unpaired) electrons. The molecule has 0 saturated heterocycles. The first-order chi connectivity index (χ1) is 20.0. The smallest absolute Gasteiger partial charge is 0.149 e. The summed E-state index contributed by atoms with van der Waals surface area (Å²) in [6.45, 7) is -0.146. The third-order valence-electron chi connectivity index (χ3n) is 7.23. The van der Waals surface area contributed by atoms with Crippen LogP contribution >= 0.6 is 11.6 Å². The molecule has 7 nitrogen and oxygen atoms in total. The van der Waals surface area contributed by atoms with E-state index in [2.05, 4.69) is 32.0 Å². The fraction of sp³-hybridized carbons (Fsp3) is 0.226. The van der Waals surface area contributed by atoms with Gasteiger partial charge in [-0.25, -0.2) is 14.1 Å². The molecule has 0 unspecified atom stereocenters. The van der Waals surface area contributed by atoms with Gasteiger partial charge in [0.25, 0.3) is 0 Å². The van der Waals surface area contributed by atoms with Crippen molar-refractivity contribution in [2.75, 3.05) is 17.3 Å². The highest BCUT2D eigenvalue weighted by atomic mass is 35.5. The molecule has 6 rings (SSSR count). The second-order valence-electron chi connectivity index (χ2n) is 10.1. The van der Waals surface area contributed by atoms with Crippen molar-refractivity contribution < 1.29 is 8.78 Å². The van der Waals surface area contributed by atoms with Crippen molar-refractivity contribution in [3.8, 4) is 17.3 Å². The molecule has 5 aromatic rings. The van der Waals surface area contributed by atoms with Crippen LogP contribution in [-0.2, 0) is 6.54 Å². The first-order valence-electron chi connectivity index (χ1n) is 13.4. The third kappa shape index (κ3) is 5.70. The van der Waals surface area contributed by atoms with Crippen LogP contribution in [0, 0.1) is 17.1 Å². The Labute approximate surface area is 240 Å². The van der Waals surface area contributed by atoms with Gasteiger partial charge in [-0.3, -0.25) is 4.39 Å². The fourth-order valence-corrected chi connectivity index (χ4v) is 5.17. The topological polar surface area (TPSA) is 91.5 Å². The Kier molecular flexibility index (Phi) is 7.49. The van der Waals surface area contributed by atoms with Crippen LogP contribution in [0.3, 0.4) is 0 Å². The molecule has 0 spiro atoms. The number of nitriles is 1. The molecule has 2 aromatic heterocycles. The molecule has 206 valence electrons. The Balaban J connectivity index is 1.33. The molecule has 10 heteroatoms. The standard InChI is InChI=1S/C31H26ClF2N7/c32-31-26(16-35)30(37-27(12-13-33)19-4-2-1-3-5-19)25-15-22(8-11-28(25)38-31)36-17-20-6-7-21(34)14-24(20)29-18-41(40-39-29)23-9-10-23/h1-8,11,14-15,18,23,27,36H,9-10,12-13,17H2,(H,37,38)/t27-/m1/s1. The van der Waals surface area contributed by atoms with Crippen LogP contribution in [0.4, 0.5) is 20.2 Å². The Hall–Kier alpha value is -4.55.